The van der Waals surface area contributed by atoms with Gasteiger partial charge >= 0.3 is 6.18 Å². The first-order valence-corrected chi connectivity index (χ1v) is 5.74. The second-order valence-electron chi connectivity index (χ2n) is 4.92. The van der Waals surface area contributed by atoms with Crippen molar-refractivity contribution in [3.05, 3.63) is 0 Å². The van der Waals surface area contributed by atoms with E-state index in [1.54, 1.807) is 0 Å². The molecular weight excluding hydrogens is 217 g/mol. The van der Waals surface area contributed by atoms with Crippen molar-refractivity contribution in [1.82, 2.24) is 5.32 Å². The fourth-order valence-electron chi connectivity index (χ4n) is 1.56. The second kappa shape index (κ2) is 7.12. The largest absolute Gasteiger partial charge is 0.390 e. The average Bonchev–Trinajstić information content (AvgIpc) is 2.09. The molecule has 2 nitrogen and oxygen atoms in total. The number of nitrogens with two attached hydrogens (primary N) is 1. The summed E-state index contributed by atoms with van der Waals surface area (Å²) in [6.45, 7) is 5.59. The molecular formula is C11H23F3N2. The van der Waals surface area contributed by atoms with Crippen LogP contribution in [0.5, 0.6) is 0 Å². The smallest absolute Gasteiger partial charge is 0.330 e. The summed E-state index contributed by atoms with van der Waals surface area (Å²) in [7, 11) is 0. The van der Waals surface area contributed by atoms with Crippen molar-refractivity contribution in [3.8, 4) is 0 Å². The zero-order chi connectivity index (χ0) is 12.7. The van der Waals surface area contributed by atoms with Gasteiger partial charge in [-0.2, -0.15) is 13.2 Å². The maximum Gasteiger partial charge on any atom is 0.390 e. The topological polar surface area (TPSA) is 38.0 Å². The summed E-state index contributed by atoms with van der Waals surface area (Å²) in [4.78, 5) is 0. The van der Waals surface area contributed by atoms with Gasteiger partial charge in [-0.3, -0.25) is 0 Å². The van der Waals surface area contributed by atoms with E-state index in [1.165, 1.54) is 0 Å². The molecule has 0 aromatic carbocycles. The predicted octanol–water partition coefficient (Wildman–Crippen LogP) is 2.68. The number of hydrogen-bond acceptors (Lipinski definition) is 2. The minimum atomic E-state index is -4.05. The van der Waals surface area contributed by atoms with Crippen molar-refractivity contribution in [2.45, 2.75) is 45.7 Å². The summed E-state index contributed by atoms with van der Waals surface area (Å²) < 4.78 is 35.4. The Bertz CT molecular complexity index is 179. The van der Waals surface area contributed by atoms with Gasteiger partial charge < -0.3 is 11.1 Å². The van der Waals surface area contributed by atoms with Crippen LogP contribution in [0.1, 0.15) is 39.5 Å². The number of rotatable bonds is 8. The van der Waals surface area contributed by atoms with E-state index in [0.717, 1.165) is 19.3 Å². The number of halogens is 3. The van der Waals surface area contributed by atoms with Gasteiger partial charge in [0.2, 0.25) is 0 Å². The van der Waals surface area contributed by atoms with Crippen molar-refractivity contribution in [2.24, 2.45) is 11.1 Å². The van der Waals surface area contributed by atoms with Gasteiger partial charge in [-0.05, 0) is 37.8 Å². The van der Waals surface area contributed by atoms with Gasteiger partial charge in [0.05, 0.1) is 6.42 Å². The lowest BCUT2D eigenvalue weighted by molar-refractivity contribution is -0.133. The van der Waals surface area contributed by atoms with Crippen LogP contribution in [0.3, 0.4) is 0 Å². The minimum absolute atomic E-state index is 0.0147. The molecule has 0 aliphatic carbocycles. The van der Waals surface area contributed by atoms with E-state index in [4.69, 9.17) is 5.73 Å². The Morgan fingerprint density at radius 1 is 1.00 bits per heavy atom. The van der Waals surface area contributed by atoms with E-state index < -0.39 is 12.6 Å². The summed E-state index contributed by atoms with van der Waals surface area (Å²) in [5.41, 5.74) is 5.67. The zero-order valence-corrected chi connectivity index (χ0v) is 10.2. The van der Waals surface area contributed by atoms with E-state index in [-0.39, 0.29) is 12.0 Å². The molecule has 5 heteroatoms. The van der Waals surface area contributed by atoms with Crippen LogP contribution in [-0.4, -0.2) is 25.8 Å². The fraction of sp³-hybridized carbons (Fsp3) is 1.00. The molecule has 0 spiro atoms. The van der Waals surface area contributed by atoms with E-state index >= 15 is 0 Å². The molecule has 0 radical (unpaired) electrons. The highest BCUT2D eigenvalue weighted by molar-refractivity contribution is 4.69. The SMILES string of the molecule is CC(C)(CCN)CCCNCCC(F)(F)F. The molecule has 0 bridgehead atoms. The molecule has 0 aliphatic rings. The first kappa shape index (κ1) is 15.7. The highest BCUT2D eigenvalue weighted by atomic mass is 19.4. The second-order valence-corrected chi connectivity index (χ2v) is 4.92. The molecule has 0 aliphatic heterocycles. The molecule has 3 N–H and O–H groups in total. The first-order valence-electron chi connectivity index (χ1n) is 5.74. The highest BCUT2D eigenvalue weighted by Crippen LogP contribution is 2.25. The van der Waals surface area contributed by atoms with Crippen LogP contribution in [0.4, 0.5) is 13.2 Å². The highest BCUT2D eigenvalue weighted by Gasteiger charge is 2.25. The lowest BCUT2D eigenvalue weighted by atomic mass is 9.84. The Hall–Kier alpha value is -0.290. The van der Waals surface area contributed by atoms with Crippen LogP contribution in [-0.2, 0) is 0 Å². The third kappa shape index (κ3) is 10.2. The summed E-state index contributed by atoms with van der Waals surface area (Å²) in [5, 5.41) is 2.81. The van der Waals surface area contributed by atoms with Crippen LogP contribution >= 0.6 is 0 Å². The standard InChI is InChI=1S/C11H23F3N2/c1-10(2,5-7-15)4-3-8-16-9-6-11(12,13)14/h16H,3-9,15H2,1-2H3. The Morgan fingerprint density at radius 2 is 1.62 bits per heavy atom. The molecule has 0 aromatic heterocycles. The van der Waals surface area contributed by atoms with Gasteiger partial charge in [-0.1, -0.05) is 13.8 Å². The van der Waals surface area contributed by atoms with Gasteiger partial charge in [0.15, 0.2) is 0 Å². The maximum atomic E-state index is 11.8. The fourth-order valence-corrected chi connectivity index (χ4v) is 1.56. The lowest BCUT2D eigenvalue weighted by Gasteiger charge is -2.23. The average molecular weight is 240 g/mol. The van der Waals surface area contributed by atoms with Crippen LogP contribution in [0, 0.1) is 5.41 Å². The van der Waals surface area contributed by atoms with Crippen LogP contribution < -0.4 is 11.1 Å². The Balaban J connectivity index is 3.40. The lowest BCUT2D eigenvalue weighted by Crippen LogP contribution is -2.24. The van der Waals surface area contributed by atoms with Crippen molar-refractivity contribution >= 4 is 0 Å². The van der Waals surface area contributed by atoms with E-state index in [2.05, 4.69) is 19.2 Å². The summed E-state index contributed by atoms with van der Waals surface area (Å²) in [5.74, 6) is 0. The molecule has 0 atom stereocenters. The molecule has 0 heterocycles. The normalized spacial score (nSPS) is 13.1. The molecule has 0 fully saturated rings. The molecule has 98 valence electrons. The number of alkyl halides is 3. The monoisotopic (exact) mass is 240 g/mol. The first-order chi connectivity index (χ1) is 7.27. The molecule has 16 heavy (non-hydrogen) atoms. The Morgan fingerprint density at radius 3 is 2.12 bits per heavy atom. The Labute approximate surface area is 95.8 Å². The summed E-state index contributed by atoms with van der Waals surface area (Å²) in [6.07, 6.45) is -1.96. The molecule has 0 unspecified atom stereocenters. The molecule has 0 aromatic rings. The maximum absolute atomic E-state index is 11.8. The van der Waals surface area contributed by atoms with Gasteiger partial charge in [0.25, 0.3) is 0 Å². The van der Waals surface area contributed by atoms with Crippen molar-refractivity contribution < 1.29 is 13.2 Å². The van der Waals surface area contributed by atoms with Crippen LogP contribution in [0.2, 0.25) is 0 Å². The molecule has 0 amide bonds. The van der Waals surface area contributed by atoms with Crippen molar-refractivity contribution in [3.63, 3.8) is 0 Å². The zero-order valence-electron chi connectivity index (χ0n) is 10.2. The third-order valence-corrected chi connectivity index (χ3v) is 2.61. The van der Waals surface area contributed by atoms with E-state index in [0.29, 0.717) is 13.1 Å². The van der Waals surface area contributed by atoms with Crippen LogP contribution in [0.15, 0.2) is 0 Å². The van der Waals surface area contributed by atoms with Crippen LogP contribution in [0.25, 0.3) is 0 Å². The van der Waals surface area contributed by atoms with Crippen molar-refractivity contribution in [1.29, 1.82) is 0 Å². The van der Waals surface area contributed by atoms with Crippen molar-refractivity contribution in [2.75, 3.05) is 19.6 Å². The van der Waals surface area contributed by atoms with Gasteiger partial charge in [-0.25, -0.2) is 0 Å². The minimum Gasteiger partial charge on any atom is -0.330 e. The molecule has 0 saturated heterocycles. The predicted molar refractivity (Wildman–Crippen MR) is 60.2 cm³/mol. The third-order valence-electron chi connectivity index (χ3n) is 2.61. The van der Waals surface area contributed by atoms with Gasteiger partial charge in [0.1, 0.15) is 0 Å². The molecule has 0 saturated carbocycles. The van der Waals surface area contributed by atoms with Gasteiger partial charge in [-0.15, -0.1) is 0 Å². The summed E-state index contributed by atoms with van der Waals surface area (Å²) >= 11 is 0. The summed E-state index contributed by atoms with van der Waals surface area (Å²) in [6, 6.07) is 0. The quantitative estimate of drug-likeness (QED) is 0.640. The Kier molecular flexibility index (Phi) is 6.99. The van der Waals surface area contributed by atoms with E-state index in [1.807, 2.05) is 0 Å². The number of nitrogens with one attached hydrogen (secondary N) is 1. The van der Waals surface area contributed by atoms with Gasteiger partial charge in [0, 0.05) is 6.54 Å². The number of hydrogen-bond donors (Lipinski definition) is 2. The van der Waals surface area contributed by atoms with E-state index in [9.17, 15) is 13.2 Å². The molecule has 0 rings (SSSR count).